The number of carboxylic acids is 1. The molecular formula is C18H19NO2S. The van der Waals surface area contributed by atoms with Crippen molar-refractivity contribution in [2.45, 2.75) is 32.6 Å². The molecule has 114 valence electrons. The number of aliphatic carboxylic acids is 1. The molecule has 0 saturated heterocycles. The second-order valence-corrected chi connectivity index (χ2v) is 7.45. The van der Waals surface area contributed by atoms with Gasteiger partial charge < -0.3 is 9.51 Å². The molecule has 4 heteroatoms. The minimum Gasteiger partial charge on any atom is -0.481 e. The van der Waals surface area contributed by atoms with Crippen LogP contribution < -0.4 is 0 Å². The van der Waals surface area contributed by atoms with E-state index >= 15 is 0 Å². The van der Waals surface area contributed by atoms with Crippen molar-refractivity contribution < 1.29 is 9.90 Å². The van der Waals surface area contributed by atoms with Crippen LogP contribution in [0.1, 0.15) is 32.0 Å². The highest BCUT2D eigenvalue weighted by molar-refractivity contribution is 7.15. The summed E-state index contributed by atoms with van der Waals surface area (Å²) in [5, 5.41) is 10.9. The molecule has 3 nitrogen and oxygen atoms in total. The van der Waals surface area contributed by atoms with Crippen molar-refractivity contribution in [2.75, 3.05) is 0 Å². The zero-order chi connectivity index (χ0) is 15.9. The van der Waals surface area contributed by atoms with Crippen LogP contribution in [0.4, 0.5) is 0 Å². The number of fused-ring (bicyclic) bond motifs is 1. The van der Waals surface area contributed by atoms with Crippen LogP contribution >= 0.6 is 11.3 Å². The van der Waals surface area contributed by atoms with E-state index < -0.39 is 5.97 Å². The SMILES string of the molecule is CC(C)(C)c1ccc(-c2cc3scc(CC(=O)O)n3c2)cc1. The van der Waals surface area contributed by atoms with Crippen LogP contribution in [-0.4, -0.2) is 15.5 Å². The quantitative estimate of drug-likeness (QED) is 0.768. The Bertz CT molecular complexity index is 819. The third-order valence-corrected chi connectivity index (χ3v) is 4.77. The minimum absolute atomic E-state index is 0.0527. The number of hydrogen-bond donors (Lipinski definition) is 1. The fourth-order valence-corrected chi connectivity index (χ4v) is 3.48. The van der Waals surface area contributed by atoms with Crippen LogP contribution in [-0.2, 0) is 16.6 Å². The van der Waals surface area contributed by atoms with Crippen molar-refractivity contribution >= 4 is 22.1 Å². The molecule has 1 aromatic carbocycles. The molecule has 0 atom stereocenters. The lowest BCUT2D eigenvalue weighted by molar-refractivity contribution is -0.136. The molecule has 2 aromatic heterocycles. The number of hydrogen-bond acceptors (Lipinski definition) is 2. The Morgan fingerprint density at radius 3 is 2.45 bits per heavy atom. The zero-order valence-electron chi connectivity index (χ0n) is 13.0. The Kier molecular flexibility index (Phi) is 3.57. The van der Waals surface area contributed by atoms with Gasteiger partial charge in [-0.05, 0) is 22.6 Å². The molecule has 0 amide bonds. The average Bonchev–Trinajstić information content (AvgIpc) is 3.00. The third kappa shape index (κ3) is 2.79. The Morgan fingerprint density at radius 1 is 1.18 bits per heavy atom. The van der Waals surface area contributed by atoms with Crippen LogP contribution in [0.15, 0.2) is 41.9 Å². The number of thiazole rings is 1. The molecule has 0 spiro atoms. The molecule has 0 radical (unpaired) electrons. The molecule has 3 aromatic rings. The standard InChI is InChI=1S/C18H19NO2S/c1-18(2,3)14-6-4-12(5-7-14)13-8-16-19(10-13)15(11-22-16)9-17(20)21/h4-8,10-11H,9H2,1-3H3,(H,20,21). The predicted molar refractivity (Wildman–Crippen MR) is 90.7 cm³/mol. The lowest BCUT2D eigenvalue weighted by atomic mass is 9.86. The number of carbonyl (C=O) groups is 1. The topological polar surface area (TPSA) is 41.7 Å². The van der Waals surface area contributed by atoms with Gasteiger partial charge in [0, 0.05) is 22.8 Å². The summed E-state index contributed by atoms with van der Waals surface area (Å²) in [5.74, 6) is -0.801. The van der Waals surface area contributed by atoms with Crippen molar-refractivity contribution in [3.63, 3.8) is 0 Å². The van der Waals surface area contributed by atoms with Gasteiger partial charge in [-0.25, -0.2) is 0 Å². The van der Waals surface area contributed by atoms with E-state index in [0.717, 1.165) is 21.7 Å². The van der Waals surface area contributed by atoms with Gasteiger partial charge in [-0.2, -0.15) is 0 Å². The van der Waals surface area contributed by atoms with Crippen LogP contribution in [0.2, 0.25) is 0 Å². The summed E-state index contributed by atoms with van der Waals surface area (Å²) in [6, 6.07) is 10.7. The monoisotopic (exact) mass is 313 g/mol. The number of carboxylic acid groups (broad SMARTS) is 1. The van der Waals surface area contributed by atoms with Crippen molar-refractivity contribution in [3.8, 4) is 11.1 Å². The number of benzene rings is 1. The number of nitrogens with zero attached hydrogens (tertiary/aromatic N) is 1. The minimum atomic E-state index is -0.801. The molecule has 0 fully saturated rings. The molecule has 0 bridgehead atoms. The molecular weight excluding hydrogens is 294 g/mol. The van der Waals surface area contributed by atoms with Crippen LogP contribution in [0.25, 0.3) is 16.0 Å². The van der Waals surface area contributed by atoms with E-state index in [4.69, 9.17) is 5.11 Å². The van der Waals surface area contributed by atoms with Crippen molar-refractivity contribution in [1.29, 1.82) is 0 Å². The van der Waals surface area contributed by atoms with Crippen LogP contribution in [0, 0.1) is 0 Å². The molecule has 0 aliphatic heterocycles. The van der Waals surface area contributed by atoms with E-state index in [1.54, 1.807) is 11.3 Å². The van der Waals surface area contributed by atoms with Crippen molar-refractivity contribution in [1.82, 2.24) is 4.40 Å². The summed E-state index contributed by atoms with van der Waals surface area (Å²) in [6.45, 7) is 6.61. The maximum absolute atomic E-state index is 10.9. The Morgan fingerprint density at radius 2 is 1.86 bits per heavy atom. The first-order chi connectivity index (χ1) is 10.3. The maximum atomic E-state index is 10.9. The smallest absolute Gasteiger partial charge is 0.309 e. The summed E-state index contributed by atoms with van der Waals surface area (Å²) in [6.07, 6.45) is 2.08. The van der Waals surface area contributed by atoms with E-state index in [0.29, 0.717) is 0 Å². The number of aromatic nitrogens is 1. The molecule has 0 saturated carbocycles. The van der Waals surface area contributed by atoms with Crippen molar-refractivity contribution in [2.24, 2.45) is 0 Å². The van der Waals surface area contributed by atoms with E-state index in [-0.39, 0.29) is 11.8 Å². The molecule has 2 heterocycles. The summed E-state index contributed by atoms with van der Waals surface area (Å²) >= 11 is 1.58. The second-order valence-electron chi connectivity index (χ2n) is 6.56. The van der Waals surface area contributed by atoms with Gasteiger partial charge in [0.05, 0.1) is 11.3 Å². The highest BCUT2D eigenvalue weighted by atomic mass is 32.1. The fourth-order valence-electron chi connectivity index (χ4n) is 2.55. The van der Waals surface area contributed by atoms with E-state index in [1.165, 1.54) is 5.56 Å². The lowest BCUT2D eigenvalue weighted by Gasteiger charge is -2.19. The molecule has 1 N–H and O–H groups in total. The highest BCUT2D eigenvalue weighted by Gasteiger charge is 2.14. The first-order valence-electron chi connectivity index (χ1n) is 7.26. The van der Waals surface area contributed by atoms with Crippen LogP contribution in [0.5, 0.6) is 0 Å². The Hall–Kier alpha value is -2.07. The summed E-state index contributed by atoms with van der Waals surface area (Å²) in [4.78, 5) is 12.0. The van der Waals surface area contributed by atoms with Crippen molar-refractivity contribution in [3.05, 3.63) is 53.2 Å². The summed E-state index contributed by atoms with van der Waals surface area (Å²) < 4.78 is 1.98. The van der Waals surface area contributed by atoms with Gasteiger partial charge in [0.25, 0.3) is 0 Å². The highest BCUT2D eigenvalue weighted by Crippen LogP contribution is 2.29. The largest absolute Gasteiger partial charge is 0.481 e. The summed E-state index contributed by atoms with van der Waals surface area (Å²) in [5.41, 5.74) is 4.56. The van der Waals surface area contributed by atoms with Gasteiger partial charge in [-0.15, -0.1) is 11.3 Å². The number of rotatable bonds is 3. The predicted octanol–water partition coefficient (Wildman–Crippen LogP) is 4.59. The van der Waals surface area contributed by atoms with Gasteiger partial charge >= 0.3 is 5.97 Å². The second kappa shape index (κ2) is 5.29. The normalized spacial score (nSPS) is 12.0. The maximum Gasteiger partial charge on any atom is 0.309 e. The average molecular weight is 313 g/mol. The van der Waals surface area contributed by atoms with Crippen LogP contribution in [0.3, 0.4) is 0 Å². The van der Waals surface area contributed by atoms with Gasteiger partial charge in [0.2, 0.25) is 0 Å². The lowest BCUT2D eigenvalue weighted by Crippen LogP contribution is -2.10. The first-order valence-corrected chi connectivity index (χ1v) is 8.14. The molecule has 0 aliphatic rings. The van der Waals surface area contributed by atoms with Gasteiger partial charge in [0.1, 0.15) is 0 Å². The third-order valence-electron chi connectivity index (χ3n) is 3.83. The van der Waals surface area contributed by atoms with Gasteiger partial charge in [0.15, 0.2) is 0 Å². The van der Waals surface area contributed by atoms with E-state index in [1.807, 2.05) is 16.0 Å². The van der Waals surface area contributed by atoms with E-state index in [2.05, 4.69) is 51.1 Å². The van der Waals surface area contributed by atoms with E-state index in [9.17, 15) is 4.79 Å². The molecule has 0 aliphatic carbocycles. The fraction of sp³-hybridized carbons (Fsp3) is 0.278. The molecule has 22 heavy (non-hydrogen) atoms. The van der Waals surface area contributed by atoms with Gasteiger partial charge in [-0.3, -0.25) is 4.79 Å². The Labute approximate surface area is 133 Å². The molecule has 3 rings (SSSR count). The molecule has 0 unspecified atom stereocenters. The Balaban J connectivity index is 1.96. The zero-order valence-corrected chi connectivity index (χ0v) is 13.8. The summed E-state index contributed by atoms with van der Waals surface area (Å²) in [7, 11) is 0. The van der Waals surface area contributed by atoms with Gasteiger partial charge in [-0.1, -0.05) is 45.0 Å². The first kappa shape index (κ1) is 14.9.